The molecule has 3 heteroatoms. The fraction of sp³-hybridized carbons (Fsp3) is 0.267. The van der Waals surface area contributed by atoms with Crippen molar-refractivity contribution in [1.82, 2.24) is 10.3 Å². The summed E-state index contributed by atoms with van der Waals surface area (Å²) in [4.78, 5) is 5.59. The Morgan fingerprint density at radius 2 is 2.00 bits per heavy atom. The van der Waals surface area contributed by atoms with Gasteiger partial charge in [-0.1, -0.05) is 24.3 Å². The van der Waals surface area contributed by atoms with Crippen molar-refractivity contribution in [2.24, 2.45) is 0 Å². The second-order valence-corrected chi connectivity index (χ2v) is 5.11. The van der Waals surface area contributed by atoms with E-state index in [0.717, 1.165) is 0 Å². The molecule has 1 N–H and O–H groups in total. The summed E-state index contributed by atoms with van der Waals surface area (Å²) in [6.07, 6.45) is 5.93. The Morgan fingerprint density at radius 3 is 2.67 bits per heavy atom. The van der Waals surface area contributed by atoms with E-state index in [0.29, 0.717) is 0 Å². The van der Waals surface area contributed by atoms with E-state index in [-0.39, 0.29) is 6.04 Å². The zero-order valence-corrected chi connectivity index (χ0v) is 11.8. The van der Waals surface area contributed by atoms with Crippen molar-refractivity contribution in [3.05, 3.63) is 59.4 Å². The molecule has 0 saturated carbocycles. The number of rotatable bonds is 4. The van der Waals surface area contributed by atoms with E-state index >= 15 is 0 Å². The predicted octanol–water partition coefficient (Wildman–Crippen LogP) is 3.42. The highest BCUT2D eigenvalue weighted by molar-refractivity contribution is 7.98. The fourth-order valence-corrected chi connectivity index (χ4v) is 2.78. The van der Waals surface area contributed by atoms with Crippen molar-refractivity contribution in [2.45, 2.75) is 17.9 Å². The van der Waals surface area contributed by atoms with Gasteiger partial charge in [0.25, 0.3) is 0 Å². The topological polar surface area (TPSA) is 24.9 Å². The van der Waals surface area contributed by atoms with Gasteiger partial charge in [0.05, 0.1) is 6.04 Å². The number of nitrogens with zero attached hydrogens (tertiary/aromatic N) is 1. The molecule has 2 rings (SSSR count). The summed E-state index contributed by atoms with van der Waals surface area (Å²) < 4.78 is 0. The number of nitrogens with one attached hydrogen (secondary N) is 1. The third kappa shape index (κ3) is 2.74. The van der Waals surface area contributed by atoms with Gasteiger partial charge in [-0.25, -0.2) is 0 Å². The first-order chi connectivity index (χ1) is 8.76. The Labute approximate surface area is 113 Å². The van der Waals surface area contributed by atoms with Crippen LogP contribution in [0.25, 0.3) is 0 Å². The van der Waals surface area contributed by atoms with Crippen molar-refractivity contribution in [3.63, 3.8) is 0 Å². The van der Waals surface area contributed by atoms with Gasteiger partial charge in [-0.3, -0.25) is 4.98 Å². The van der Waals surface area contributed by atoms with E-state index < -0.39 is 0 Å². The van der Waals surface area contributed by atoms with Gasteiger partial charge >= 0.3 is 0 Å². The highest BCUT2D eigenvalue weighted by Crippen LogP contribution is 2.29. The number of hydrogen-bond acceptors (Lipinski definition) is 3. The molecule has 94 valence electrons. The summed E-state index contributed by atoms with van der Waals surface area (Å²) >= 11 is 1.78. The zero-order valence-electron chi connectivity index (χ0n) is 11.0. The van der Waals surface area contributed by atoms with Crippen molar-refractivity contribution in [1.29, 1.82) is 0 Å². The number of hydrogen-bond donors (Lipinski definition) is 1. The summed E-state index contributed by atoms with van der Waals surface area (Å²) in [6.45, 7) is 2.07. The SMILES string of the molecule is CNC(c1cncc(C)c1)c1ccccc1SC. The third-order valence-corrected chi connectivity index (χ3v) is 3.78. The Kier molecular flexibility index (Phi) is 4.39. The first-order valence-corrected chi connectivity index (χ1v) is 7.20. The van der Waals surface area contributed by atoms with Crippen LogP contribution in [0.2, 0.25) is 0 Å². The van der Waals surface area contributed by atoms with E-state index in [1.54, 1.807) is 11.8 Å². The minimum atomic E-state index is 0.195. The van der Waals surface area contributed by atoms with E-state index in [9.17, 15) is 0 Å². The average molecular weight is 258 g/mol. The molecule has 1 aromatic carbocycles. The number of pyridine rings is 1. The molecule has 0 aliphatic carbocycles. The minimum Gasteiger partial charge on any atom is -0.309 e. The van der Waals surface area contributed by atoms with Crippen molar-refractivity contribution < 1.29 is 0 Å². The van der Waals surface area contributed by atoms with Gasteiger partial charge in [0.2, 0.25) is 0 Å². The fourth-order valence-electron chi connectivity index (χ4n) is 2.14. The highest BCUT2D eigenvalue weighted by Gasteiger charge is 2.15. The molecule has 2 nitrogen and oxygen atoms in total. The Hall–Kier alpha value is -1.32. The van der Waals surface area contributed by atoms with E-state index in [1.165, 1.54) is 21.6 Å². The molecule has 0 radical (unpaired) electrons. The van der Waals surface area contributed by atoms with Crippen LogP contribution in [0.15, 0.2) is 47.6 Å². The van der Waals surface area contributed by atoms with Crippen molar-refractivity contribution in [2.75, 3.05) is 13.3 Å². The van der Waals surface area contributed by atoms with Crippen LogP contribution in [0.4, 0.5) is 0 Å². The minimum absolute atomic E-state index is 0.195. The van der Waals surface area contributed by atoms with Gasteiger partial charge in [0.1, 0.15) is 0 Å². The van der Waals surface area contributed by atoms with Crippen LogP contribution in [0.3, 0.4) is 0 Å². The number of thioether (sulfide) groups is 1. The van der Waals surface area contributed by atoms with Gasteiger partial charge in [0.15, 0.2) is 0 Å². The number of aryl methyl sites for hydroxylation is 1. The average Bonchev–Trinajstić information content (AvgIpc) is 2.40. The molecular formula is C15H18N2S. The molecule has 0 spiro atoms. The molecule has 0 aliphatic heterocycles. The quantitative estimate of drug-likeness (QED) is 0.851. The molecule has 18 heavy (non-hydrogen) atoms. The standard InChI is InChI=1S/C15H18N2S/c1-11-8-12(10-17-9-11)15(16-2)13-6-4-5-7-14(13)18-3/h4-10,15-16H,1-3H3. The summed E-state index contributed by atoms with van der Waals surface area (Å²) in [5, 5.41) is 3.38. The van der Waals surface area contributed by atoms with Crippen LogP contribution in [-0.4, -0.2) is 18.3 Å². The van der Waals surface area contributed by atoms with Crippen LogP contribution in [-0.2, 0) is 0 Å². The van der Waals surface area contributed by atoms with Gasteiger partial charge < -0.3 is 5.32 Å². The van der Waals surface area contributed by atoms with Gasteiger partial charge in [-0.2, -0.15) is 0 Å². The Morgan fingerprint density at radius 1 is 1.22 bits per heavy atom. The van der Waals surface area contributed by atoms with Crippen molar-refractivity contribution in [3.8, 4) is 0 Å². The summed E-state index contributed by atoms with van der Waals surface area (Å²) in [5.74, 6) is 0. The summed E-state index contributed by atoms with van der Waals surface area (Å²) in [7, 11) is 1.99. The highest BCUT2D eigenvalue weighted by atomic mass is 32.2. The molecule has 0 bridgehead atoms. The summed E-state index contributed by atoms with van der Waals surface area (Å²) in [6, 6.07) is 10.9. The maximum atomic E-state index is 4.29. The summed E-state index contributed by atoms with van der Waals surface area (Å²) in [5.41, 5.74) is 3.70. The smallest absolute Gasteiger partial charge is 0.0600 e. The molecule has 0 saturated heterocycles. The second-order valence-electron chi connectivity index (χ2n) is 4.26. The molecule has 1 unspecified atom stereocenters. The number of benzene rings is 1. The monoisotopic (exact) mass is 258 g/mol. The van der Waals surface area contributed by atoms with Gasteiger partial charge in [0, 0.05) is 17.3 Å². The van der Waals surface area contributed by atoms with Crippen LogP contribution >= 0.6 is 11.8 Å². The molecule has 1 heterocycles. The van der Waals surface area contributed by atoms with Crippen LogP contribution in [0.5, 0.6) is 0 Å². The van der Waals surface area contributed by atoms with E-state index in [2.05, 4.69) is 53.8 Å². The third-order valence-electron chi connectivity index (χ3n) is 2.97. The van der Waals surface area contributed by atoms with E-state index in [4.69, 9.17) is 0 Å². The largest absolute Gasteiger partial charge is 0.309 e. The lowest BCUT2D eigenvalue weighted by Gasteiger charge is -2.19. The second kappa shape index (κ2) is 6.03. The van der Waals surface area contributed by atoms with Crippen LogP contribution < -0.4 is 5.32 Å². The molecule has 0 amide bonds. The lowest BCUT2D eigenvalue weighted by Crippen LogP contribution is -2.18. The lowest BCUT2D eigenvalue weighted by molar-refractivity contribution is 0.676. The molecule has 1 atom stereocenters. The Bertz CT molecular complexity index is 525. The molecule has 0 fully saturated rings. The molecule has 1 aromatic heterocycles. The first-order valence-electron chi connectivity index (χ1n) is 5.98. The molecular weight excluding hydrogens is 240 g/mol. The van der Waals surface area contributed by atoms with Crippen LogP contribution in [0.1, 0.15) is 22.7 Å². The lowest BCUT2D eigenvalue weighted by atomic mass is 9.99. The zero-order chi connectivity index (χ0) is 13.0. The Balaban J connectivity index is 2.45. The van der Waals surface area contributed by atoms with Crippen LogP contribution in [0, 0.1) is 6.92 Å². The van der Waals surface area contributed by atoms with E-state index in [1.807, 2.05) is 19.4 Å². The predicted molar refractivity (Wildman–Crippen MR) is 78.1 cm³/mol. The first kappa shape index (κ1) is 13.1. The van der Waals surface area contributed by atoms with Crippen molar-refractivity contribution >= 4 is 11.8 Å². The van der Waals surface area contributed by atoms with Gasteiger partial charge in [-0.15, -0.1) is 11.8 Å². The molecule has 2 aromatic rings. The number of aromatic nitrogens is 1. The maximum Gasteiger partial charge on any atom is 0.0600 e. The van der Waals surface area contributed by atoms with Gasteiger partial charge in [-0.05, 0) is 43.0 Å². The maximum absolute atomic E-state index is 4.29. The normalized spacial score (nSPS) is 12.4. The molecule has 0 aliphatic rings.